The molecule has 3 aromatic carbocycles. The number of aromatic amines is 1. The zero-order chi connectivity index (χ0) is 23.3. The fraction of sp³-hybridized carbons (Fsp3) is 0.276. The van der Waals surface area contributed by atoms with E-state index in [2.05, 4.69) is 83.1 Å². The summed E-state index contributed by atoms with van der Waals surface area (Å²) in [6, 6.07) is 29.3. The maximum Gasteiger partial charge on any atom is 0.239 e. The molecule has 174 valence electrons. The highest BCUT2D eigenvalue weighted by molar-refractivity contribution is 5.92. The van der Waals surface area contributed by atoms with Crippen LogP contribution in [0.15, 0.2) is 84.9 Å². The maximum absolute atomic E-state index is 13.0. The molecular weight excluding hydrogens is 422 g/mol. The van der Waals surface area contributed by atoms with Crippen LogP contribution in [0.3, 0.4) is 0 Å². The van der Waals surface area contributed by atoms with E-state index in [9.17, 15) is 4.79 Å². The third-order valence-electron chi connectivity index (χ3n) is 6.68. The Bertz CT molecular complexity index is 1230. The van der Waals surface area contributed by atoms with Gasteiger partial charge in [0.25, 0.3) is 0 Å². The molecule has 4 aromatic rings. The summed E-state index contributed by atoms with van der Waals surface area (Å²) >= 11 is 0. The first-order valence-corrected chi connectivity index (χ1v) is 12.0. The van der Waals surface area contributed by atoms with Crippen molar-refractivity contribution < 1.29 is 9.53 Å². The second kappa shape index (κ2) is 10.2. The summed E-state index contributed by atoms with van der Waals surface area (Å²) in [6.45, 7) is 5.17. The van der Waals surface area contributed by atoms with Crippen LogP contribution in [0.1, 0.15) is 24.0 Å². The van der Waals surface area contributed by atoms with Gasteiger partial charge in [-0.3, -0.25) is 4.79 Å². The number of fused-ring (bicyclic) bond motifs is 1. The Morgan fingerprint density at radius 1 is 0.941 bits per heavy atom. The number of rotatable bonds is 7. The van der Waals surface area contributed by atoms with Crippen molar-refractivity contribution in [3.05, 3.63) is 96.1 Å². The number of amides is 1. The van der Waals surface area contributed by atoms with E-state index in [1.165, 1.54) is 16.5 Å². The van der Waals surface area contributed by atoms with Crippen molar-refractivity contribution in [2.45, 2.75) is 18.9 Å². The summed E-state index contributed by atoms with van der Waals surface area (Å²) < 4.78 is 5.41. The van der Waals surface area contributed by atoms with Gasteiger partial charge in [0.15, 0.2) is 0 Å². The molecule has 1 aromatic heterocycles. The second-order valence-corrected chi connectivity index (χ2v) is 8.86. The van der Waals surface area contributed by atoms with Crippen molar-refractivity contribution in [1.29, 1.82) is 0 Å². The molecule has 0 radical (unpaired) electrons. The molecule has 0 aliphatic carbocycles. The van der Waals surface area contributed by atoms with Gasteiger partial charge in [0.2, 0.25) is 5.91 Å². The van der Waals surface area contributed by atoms with Crippen LogP contribution in [0, 0.1) is 0 Å². The van der Waals surface area contributed by atoms with E-state index < -0.39 is 0 Å². The molecule has 5 nitrogen and oxygen atoms in total. The fourth-order valence-electron chi connectivity index (χ4n) is 4.87. The number of nitrogens with one attached hydrogen (secondary N) is 2. The van der Waals surface area contributed by atoms with E-state index in [0.29, 0.717) is 32.8 Å². The molecule has 1 fully saturated rings. The molecule has 0 bridgehead atoms. The lowest BCUT2D eigenvalue weighted by molar-refractivity contribution is -0.137. The number of ether oxygens (including phenoxy) is 1. The normalized spacial score (nSPS) is 15.9. The van der Waals surface area contributed by atoms with Crippen LogP contribution >= 0.6 is 0 Å². The van der Waals surface area contributed by atoms with E-state index >= 15 is 0 Å². The molecule has 0 saturated carbocycles. The Kier molecular flexibility index (Phi) is 6.74. The minimum absolute atomic E-state index is 0.0764. The van der Waals surface area contributed by atoms with Crippen molar-refractivity contribution >= 4 is 16.8 Å². The largest absolute Gasteiger partial charge is 0.378 e. The SMILES string of the molecule is C[C@@H](NC[C@H](c1ccccc1)c1c(-c2ccccc2)[nH]c2ccccc12)C(=O)N1CCOCC1. The highest BCUT2D eigenvalue weighted by atomic mass is 16.5. The first-order chi connectivity index (χ1) is 16.7. The zero-order valence-corrected chi connectivity index (χ0v) is 19.5. The van der Waals surface area contributed by atoms with E-state index in [-0.39, 0.29) is 17.9 Å². The number of carbonyl (C=O) groups excluding carboxylic acids is 1. The predicted molar refractivity (Wildman–Crippen MR) is 137 cm³/mol. The Balaban J connectivity index is 1.51. The fourth-order valence-corrected chi connectivity index (χ4v) is 4.87. The Morgan fingerprint density at radius 3 is 2.32 bits per heavy atom. The molecule has 0 spiro atoms. The molecule has 1 aliphatic heterocycles. The molecule has 1 amide bonds. The maximum atomic E-state index is 13.0. The van der Waals surface area contributed by atoms with Gasteiger partial charge in [0.05, 0.1) is 24.9 Å². The number of hydrogen-bond donors (Lipinski definition) is 2. The van der Waals surface area contributed by atoms with Gasteiger partial charge in [0.1, 0.15) is 0 Å². The minimum atomic E-state index is -0.269. The molecule has 2 N–H and O–H groups in total. The smallest absolute Gasteiger partial charge is 0.239 e. The lowest BCUT2D eigenvalue weighted by atomic mass is 9.87. The van der Waals surface area contributed by atoms with Crippen LogP contribution in [0.2, 0.25) is 0 Å². The van der Waals surface area contributed by atoms with Crippen LogP contribution in [-0.4, -0.2) is 54.7 Å². The first kappa shape index (κ1) is 22.4. The average Bonchev–Trinajstić information content (AvgIpc) is 3.29. The minimum Gasteiger partial charge on any atom is -0.378 e. The van der Waals surface area contributed by atoms with E-state index in [0.717, 1.165) is 16.8 Å². The van der Waals surface area contributed by atoms with Gasteiger partial charge in [-0.25, -0.2) is 0 Å². The summed E-state index contributed by atoms with van der Waals surface area (Å²) in [7, 11) is 0. The van der Waals surface area contributed by atoms with E-state index in [1.807, 2.05) is 24.0 Å². The lowest BCUT2D eigenvalue weighted by Crippen LogP contribution is -2.49. The Morgan fingerprint density at radius 2 is 1.59 bits per heavy atom. The van der Waals surface area contributed by atoms with Gasteiger partial charge in [0, 0.05) is 36.5 Å². The summed E-state index contributed by atoms with van der Waals surface area (Å²) in [5.41, 5.74) is 5.89. The molecule has 2 heterocycles. The van der Waals surface area contributed by atoms with Crippen molar-refractivity contribution in [1.82, 2.24) is 15.2 Å². The average molecular weight is 454 g/mol. The summed E-state index contributed by atoms with van der Waals surface area (Å²) in [6.07, 6.45) is 0. The quantitative estimate of drug-likeness (QED) is 0.423. The molecule has 1 aliphatic rings. The molecule has 5 heteroatoms. The number of carbonyl (C=O) groups is 1. The molecular formula is C29H31N3O2. The molecule has 34 heavy (non-hydrogen) atoms. The summed E-state index contributed by atoms with van der Waals surface area (Å²) in [5.74, 6) is 0.213. The van der Waals surface area contributed by atoms with Crippen molar-refractivity contribution in [3.8, 4) is 11.3 Å². The Labute approximate surface area is 200 Å². The highest BCUT2D eigenvalue weighted by Crippen LogP contribution is 2.38. The monoisotopic (exact) mass is 453 g/mol. The van der Waals surface area contributed by atoms with Crippen LogP contribution in [0.4, 0.5) is 0 Å². The summed E-state index contributed by atoms with van der Waals surface area (Å²) in [5, 5.41) is 4.78. The van der Waals surface area contributed by atoms with Gasteiger partial charge in [-0.2, -0.15) is 0 Å². The molecule has 2 atom stereocenters. The van der Waals surface area contributed by atoms with Crippen LogP contribution in [-0.2, 0) is 9.53 Å². The number of aromatic nitrogens is 1. The van der Waals surface area contributed by atoms with Gasteiger partial charge >= 0.3 is 0 Å². The first-order valence-electron chi connectivity index (χ1n) is 12.0. The number of benzene rings is 3. The standard InChI is InChI=1S/C29H31N3O2/c1-21(29(33)32-16-18-34-19-17-32)30-20-25(22-10-4-2-5-11-22)27-24-14-8-9-15-26(24)31-28(27)23-12-6-3-7-13-23/h2-15,21,25,30-31H,16-20H2,1H3/t21-,25-/m1/s1. The molecule has 5 rings (SSSR count). The van der Waals surface area contributed by atoms with Crippen molar-refractivity contribution in [2.75, 3.05) is 32.8 Å². The van der Waals surface area contributed by atoms with Crippen LogP contribution in [0.25, 0.3) is 22.2 Å². The number of hydrogen-bond acceptors (Lipinski definition) is 3. The summed E-state index contributed by atoms with van der Waals surface area (Å²) in [4.78, 5) is 18.6. The van der Waals surface area contributed by atoms with Gasteiger partial charge < -0.3 is 19.9 Å². The molecule has 0 unspecified atom stereocenters. The van der Waals surface area contributed by atoms with E-state index in [4.69, 9.17) is 4.74 Å². The van der Waals surface area contributed by atoms with Crippen molar-refractivity contribution in [3.63, 3.8) is 0 Å². The number of nitrogens with zero attached hydrogens (tertiary/aromatic N) is 1. The van der Waals surface area contributed by atoms with Gasteiger partial charge in [-0.15, -0.1) is 0 Å². The number of para-hydroxylation sites is 1. The van der Waals surface area contributed by atoms with E-state index in [1.54, 1.807) is 0 Å². The third-order valence-corrected chi connectivity index (χ3v) is 6.68. The van der Waals surface area contributed by atoms with Crippen LogP contribution in [0.5, 0.6) is 0 Å². The zero-order valence-electron chi connectivity index (χ0n) is 19.5. The second-order valence-electron chi connectivity index (χ2n) is 8.86. The lowest BCUT2D eigenvalue weighted by Gasteiger charge is -2.30. The third kappa shape index (κ3) is 4.63. The van der Waals surface area contributed by atoms with Gasteiger partial charge in [-0.1, -0.05) is 78.9 Å². The van der Waals surface area contributed by atoms with Gasteiger partial charge in [-0.05, 0) is 29.7 Å². The highest BCUT2D eigenvalue weighted by Gasteiger charge is 2.26. The van der Waals surface area contributed by atoms with Crippen LogP contribution < -0.4 is 5.32 Å². The number of H-pyrrole nitrogens is 1. The Hall–Kier alpha value is -3.41. The van der Waals surface area contributed by atoms with Crippen molar-refractivity contribution in [2.24, 2.45) is 0 Å². The predicted octanol–water partition coefficient (Wildman–Crippen LogP) is 4.80. The molecule has 1 saturated heterocycles. The topological polar surface area (TPSA) is 57.4 Å². The number of morpholine rings is 1.